The van der Waals surface area contributed by atoms with Gasteiger partial charge in [-0.2, -0.15) is 0 Å². The van der Waals surface area contributed by atoms with E-state index in [-0.39, 0.29) is 11.6 Å². The first-order valence-corrected chi connectivity index (χ1v) is 6.63. The summed E-state index contributed by atoms with van der Waals surface area (Å²) >= 11 is 0. The van der Waals surface area contributed by atoms with Gasteiger partial charge in [-0.05, 0) is 26.7 Å². The zero-order valence-corrected chi connectivity index (χ0v) is 12.5. The minimum absolute atomic E-state index is 0.156. The monoisotopic (exact) mass is 279 g/mol. The van der Waals surface area contributed by atoms with Gasteiger partial charge in [0.1, 0.15) is 11.7 Å². The molecule has 2 atom stereocenters. The highest BCUT2D eigenvalue weighted by Gasteiger charge is 2.27. The summed E-state index contributed by atoms with van der Waals surface area (Å²) < 4.78 is 0. The molecule has 0 aliphatic heterocycles. The highest BCUT2D eigenvalue weighted by Crippen LogP contribution is 2.11. The van der Waals surface area contributed by atoms with Gasteiger partial charge in [-0.15, -0.1) is 0 Å². The summed E-state index contributed by atoms with van der Waals surface area (Å²) in [6.07, 6.45) is 0.662. The number of aliphatic carboxylic acids is 1. The predicted molar refractivity (Wildman–Crippen MR) is 74.6 cm³/mol. The van der Waals surface area contributed by atoms with E-state index in [2.05, 4.69) is 15.3 Å². The third kappa shape index (κ3) is 3.53. The van der Waals surface area contributed by atoms with E-state index in [0.29, 0.717) is 17.8 Å². The summed E-state index contributed by atoms with van der Waals surface area (Å²) in [6.45, 7) is 8.94. The number of nitrogens with zero attached hydrogens (tertiary/aromatic N) is 2. The number of hydrogen-bond acceptors (Lipinski definition) is 4. The lowest BCUT2D eigenvalue weighted by atomic mass is 9.99. The Balaban J connectivity index is 3.01. The number of carboxylic acid groups (broad SMARTS) is 1. The molecule has 0 aliphatic carbocycles. The molecule has 0 bridgehead atoms. The van der Waals surface area contributed by atoms with Crippen molar-refractivity contribution < 1.29 is 14.7 Å². The first-order chi connectivity index (χ1) is 9.27. The van der Waals surface area contributed by atoms with E-state index in [9.17, 15) is 14.7 Å². The van der Waals surface area contributed by atoms with Gasteiger partial charge < -0.3 is 10.4 Å². The summed E-state index contributed by atoms with van der Waals surface area (Å²) in [5.41, 5.74) is 2.11. The number of carbonyl (C=O) groups is 2. The Morgan fingerprint density at radius 2 is 1.70 bits per heavy atom. The number of carbonyl (C=O) groups excluding carboxylic acids is 1. The van der Waals surface area contributed by atoms with Crippen LogP contribution in [0.15, 0.2) is 0 Å². The highest BCUT2D eigenvalue weighted by molar-refractivity contribution is 5.95. The van der Waals surface area contributed by atoms with Crippen LogP contribution >= 0.6 is 0 Å². The molecule has 0 saturated carbocycles. The minimum Gasteiger partial charge on any atom is -0.480 e. The third-order valence-corrected chi connectivity index (χ3v) is 3.46. The van der Waals surface area contributed by atoms with E-state index in [4.69, 9.17) is 0 Å². The molecule has 0 aromatic carbocycles. The van der Waals surface area contributed by atoms with E-state index in [1.165, 1.54) is 0 Å². The molecule has 1 amide bonds. The lowest BCUT2D eigenvalue weighted by Gasteiger charge is -2.20. The molecule has 20 heavy (non-hydrogen) atoms. The predicted octanol–water partition coefficient (Wildman–Crippen LogP) is 1.63. The maximum absolute atomic E-state index is 12.2. The highest BCUT2D eigenvalue weighted by atomic mass is 16.4. The molecule has 6 heteroatoms. The molecule has 0 saturated heterocycles. The maximum atomic E-state index is 12.2. The van der Waals surface area contributed by atoms with Crippen molar-refractivity contribution in [1.82, 2.24) is 15.3 Å². The van der Waals surface area contributed by atoms with Gasteiger partial charge >= 0.3 is 5.97 Å². The summed E-state index contributed by atoms with van der Waals surface area (Å²) in [7, 11) is 0. The van der Waals surface area contributed by atoms with Gasteiger partial charge in [0, 0.05) is 0 Å². The molecule has 1 rings (SSSR count). The zero-order valence-electron chi connectivity index (χ0n) is 12.5. The number of aromatic nitrogens is 2. The largest absolute Gasteiger partial charge is 0.480 e. The van der Waals surface area contributed by atoms with Crippen molar-refractivity contribution >= 4 is 11.9 Å². The van der Waals surface area contributed by atoms with Crippen molar-refractivity contribution in [3.8, 4) is 0 Å². The van der Waals surface area contributed by atoms with Crippen LogP contribution in [-0.4, -0.2) is 33.0 Å². The summed E-state index contributed by atoms with van der Waals surface area (Å²) in [4.78, 5) is 31.9. The standard InChI is InChI=1S/C14H21N3O3/c1-6-7(2)11(14(19)20)17-13(18)12-10(5)15-8(3)9(4)16-12/h7,11H,6H2,1-5H3,(H,17,18)(H,19,20)/t7-,11-/m0/s1. The molecule has 110 valence electrons. The fraction of sp³-hybridized carbons (Fsp3) is 0.571. The number of hydrogen-bond donors (Lipinski definition) is 2. The molecule has 0 radical (unpaired) electrons. The topological polar surface area (TPSA) is 92.2 Å². The van der Waals surface area contributed by atoms with Crippen LogP contribution in [-0.2, 0) is 4.79 Å². The van der Waals surface area contributed by atoms with Crippen LogP contribution in [0.5, 0.6) is 0 Å². The van der Waals surface area contributed by atoms with Crippen LogP contribution in [0.2, 0.25) is 0 Å². The van der Waals surface area contributed by atoms with E-state index in [1.807, 2.05) is 13.8 Å². The molecule has 0 aliphatic rings. The lowest BCUT2D eigenvalue weighted by Crippen LogP contribution is -2.45. The van der Waals surface area contributed by atoms with Crippen molar-refractivity contribution in [1.29, 1.82) is 0 Å². The normalized spacial score (nSPS) is 13.7. The molecule has 1 aromatic rings. The maximum Gasteiger partial charge on any atom is 0.326 e. The van der Waals surface area contributed by atoms with Gasteiger partial charge in [-0.1, -0.05) is 20.3 Å². The van der Waals surface area contributed by atoms with Crippen LogP contribution in [0.3, 0.4) is 0 Å². The van der Waals surface area contributed by atoms with Gasteiger partial charge in [-0.3, -0.25) is 9.78 Å². The average molecular weight is 279 g/mol. The number of amides is 1. The van der Waals surface area contributed by atoms with E-state index in [1.54, 1.807) is 20.8 Å². The van der Waals surface area contributed by atoms with E-state index in [0.717, 1.165) is 5.69 Å². The Hall–Kier alpha value is -1.98. The Kier molecular flexibility index (Phi) is 5.19. The second-order valence-corrected chi connectivity index (χ2v) is 5.00. The molecule has 1 aromatic heterocycles. The lowest BCUT2D eigenvalue weighted by molar-refractivity contribution is -0.140. The second kappa shape index (κ2) is 6.45. The number of nitrogens with one attached hydrogen (secondary N) is 1. The van der Waals surface area contributed by atoms with Crippen LogP contribution in [0.1, 0.15) is 47.8 Å². The van der Waals surface area contributed by atoms with Crippen molar-refractivity contribution in [3.05, 3.63) is 22.8 Å². The Morgan fingerprint density at radius 1 is 1.15 bits per heavy atom. The number of carboxylic acids is 1. The van der Waals surface area contributed by atoms with Crippen molar-refractivity contribution in [2.45, 2.75) is 47.1 Å². The van der Waals surface area contributed by atoms with Gasteiger partial charge in [0.2, 0.25) is 0 Å². The van der Waals surface area contributed by atoms with Crippen molar-refractivity contribution in [2.24, 2.45) is 5.92 Å². The van der Waals surface area contributed by atoms with Gasteiger partial charge in [-0.25, -0.2) is 9.78 Å². The van der Waals surface area contributed by atoms with E-state index < -0.39 is 17.9 Å². The molecule has 2 N–H and O–H groups in total. The van der Waals surface area contributed by atoms with Crippen LogP contribution in [0.4, 0.5) is 0 Å². The molecule has 0 fully saturated rings. The quantitative estimate of drug-likeness (QED) is 0.854. The summed E-state index contributed by atoms with van der Waals surface area (Å²) in [6, 6.07) is -0.921. The van der Waals surface area contributed by atoms with Crippen molar-refractivity contribution in [3.63, 3.8) is 0 Å². The summed E-state index contributed by atoms with van der Waals surface area (Å²) in [5.74, 6) is -1.69. The number of aryl methyl sites for hydroxylation is 3. The molecule has 1 heterocycles. The molecule has 0 spiro atoms. The third-order valence-electron chi connectivity index (χ3n) is 3.46. The molecular weight excluding hydrogens is 258 g/mol. The van der Waals surface area contributed by atoms with E-state index >= 15 is 0 Å². The Bertz CT molecular complexity index is 529. The number of rotatable bonds is 5. The van der Waals surface area contributed by atoms with Crippen LogP contribution in [0, 0.1) is 26.7 Å². The minimum atomic E-state index is -1.04. The van der Waals surface area contributed by atoms with Crippen molar-refractivity contribution in [2.75, 3.05) is 0 Å². The Morgan fingerprint density at radius 3 is 2.20 bits per heavy atom. The van der Waals surface area contributed by atoms with Crippen LogP contribution in [0.25, 0.3) is 0 Å². The second-order valence-electron chi connectivity index (χ2n) is 5.00. The first kappa shape index (κ1) is 16.1. The zero-order chi connectivity index (χ0) is 15.4. The van der Waals surface area contributed by atoms with Gasteiger partial charge in [0.25, 0.3) is 5.91 Å². The smallest absolute Gasteiger partial charge is 0.326 e. The summed E-state index contributed by atoms with van der Waals surface area (Å²) in [5, 5.41) is 11.7. The fourth-order valence-corrected chi connectivity index (χ4v) is 1.82. The first-order valence-electron chi connectivity index (χ1n) is 6.63. The Labute approximate surface area is 118 Å². The molecular formula is C14H21N3O3. The molecule has 6 nitrogen and oxygen atoms in total. The SMILES string of the molecule is CC[C@H](C)[C@H](NC(=O)c1nc(C)c(C)nc1C)C(=O)O. The molecule has 0 unspecified atom stereocenters. The van der Waals surface area contributed by atoms with Gasteiger partial charge in [0.05, 0.1) is 17.1 Å². The average Bonchev–Trinajstić information content (AvgIpc) is 2.38. The van der Waals surface area contributed by atoms with Crippen LogP contribution < -0.4 is 5.32 Å². The fourth-order valence-electron chi connectivity index (χ4n) is 1.82. The van der Waals surface area contributed by atoms with Gasteiger partial charge in [0.15, 0.2) is 0 Å².